The molecule has 152 valence electrons. The van der Waals surface area contributed by atoms with Crippen molar-refractivity contribution in [1.29, 1.82) is 0 Å². The summed E-state index contributed by atoms with van der Waals surface area (Å²) in [6, 6.07) is 10.8. The summed E-state index contributed by atoms with van der Waals surface area (Å²) in [7, 11) is -2.52. The largest absolute Gasteiger partial charge is 0.465 e. The van der Waals surface area contributed by atoms with E-state index >= 15 is 0 Å². The molecule has 2 heterocycles. The van der Waals surface area contributed by atoms with E-state index < -0.39 is 16.0 Å². The van der Waals surface area contributed by atoms with Crippen molar-refractivity contribution in [2.45, 2.75) is 4.90 Å². The van der Waals surface area contributed by atoms with Gasteiger partial charge in [-0.2, -0.15) is 0 Å². The number of thiazole rings is 1. The summed E-state index contributed by atoms with van der Waals surface area (Å²) in [5.41, 5.74) is 1.56. The van der Waals surface area contributed by atoms with Crippen LogP contribution in [0.4, 0.5) is 10.8 Å². The van der Waals surface area contributed by atoms with E-state index in [1.807, 2.05) is 0 Å². The second-order valence-corrected chi connectivity index (χ2v) is 9.09. The van der Waals surface area contributed by atoms with Crippen LogP contribution in [0.2, 0.25) is 0 Å². The van der Waals surface area contributed by atoms with Crippen molar-refractivity contribution >= 4 is 48.4 Å². The smallest absolute Gasteiger partial charge is 0.337 e. The van der Waals surface area contributed by atoms with Crippen LogP contribution in [-0.2, 0) is 19.5 Å². The number of methoxy groups -OCH3 is 1. The summed E-state index contributed by atoms with van der Waals surface area (Å²) in [6.07, 6.45) is 0. The van der Waals surface area contributed by atoms with Crippen LogP contribution < -0.4 is 9.62 Å². The monoisotopic (exact) mass is 433 g/mol. The molecule has 29 heavy (non-hydrogen) atoms. The molecule has 8 nitrogen and oxygen atoms in total. The molecular weight excluding hydrogens is 414 g/mol. The molecule has 3 aromatic rings. The van der Waals surface area contributed by atoms with Crippen molar-refractivity contribution in [2.75, 3.05) is 43.0 Å². The van der Waals surface area contributed by atoms with Crippen LogP contribution in [0.15, 0.2) is 47.4 Å². The lowest BCUT2D eigenvalue weighted by atomic mass is 10.2. The summed E-state index contributed by atoms with van der Waals surface area (Å²) in [6.45, 7) is 2.94. The fourth-order valence-electron chi connectivity index (χ4n) is 2.97. The first-order valence-corrected chi connectivity index (χ1v) is 11.2. The molecule has 2 aromatic carbocycles. The fraction of sp³-hybridized carbons (Fsp3) is 0.263. The van der Waals surface area contributed by atoms with Crippen molar-refractivity contribution in [3.63, 3.8) is 0 Å². The zero-order valence-corrected chi connectivity index (χ0v) is 17.3. The maximum atomic E-state index is 12.7. The molecule has 1 aliphatic rings. The van der Waals surface area contributed by atoms with Gasteiger partial charge in [0.05, 0.1) is 46.7 Å². The van der Waals surface area contributed by atoms with Gasteiger partial charge in [0.25, 0.3) is 10.0 Å². The number of sulfonamides is 1. The Labute approximate surface area is 172 Å². The highest BCUT2D eigenvalue weighted by Gasteiger charge is 2.18. The number of esters is 1. The van der Waals surface area contributed by atoms with Gasteiger partial charge >= 0.3 is 5.97 Å². The second kappa shape index (κ2) is 7.97. The van der Waals surface area contributed by atoms with Gasteiger partial charge in [-0.25, -0.2) is 18.2 Å². The van der Waals surface area contributed by atoms with Crippen molar-refractivity contribution in [2.24, 2.45) is 0 Å². The van der Waals surface area contributed by atoms with E-state index in [1.165, 1.54) is 42.7 Å². The van der Waals surface area contributed by atoms with Crippen molar-refractivity contribution in [3.8, 4) is 0 Å². The molecule has 1 aliphatic heterocycles. The van der Waals surface area contributed by atoms with Gasteiger partial charge in [-0.1, -0.05) is 11.3 Å². The number of hydrogen-bond acceptors (Lipinski definition) is 8. The fourth-order valence-corrected chi connectivity index (χ4v) is 5.07. The number of benzene rings is 2. The first-order chi connectivity index (χ1) is 14.0. The van der Waals surface area contributed by atoms with E-state index in [0.717, 1.165) is 28.4 Å². The number of fused-ring (bicyclic) bond motifs is 1. The van der Waals surface area contributed by atoms with Crippen LogP contribution in [0.5, 0.6) is 0 Å². The number of anilines is 2. The zero-order valence-electron chi connectivity index (χ0n) is 15.6. The highest BCUT2D eigenvalue weighted by atomic mass is 32.2. The number of nitrogens with one attached hydrogen (secondary N) is 1. The number of carbonyl (C=O) groups excluding carboxylic acids is 1. The SMILES string of the molecule is COC(=O)c1ccc(S(=O)(=O)Nc2ccc3nc(N4CCOCC4)sc3c2)cc1. The quantitative estimate of drug-likeness (QED) is 0.618. The second-order valence-electron chi connectivity index (χ2n) is 6.40. The molecule has 0 saturated carbocycles. The highest BCUT2D eigenvalue weighted by Crippen LogP contribution is 2.31. The van der Waals surface area contributed by atoms with Gasteiger partial charge in [0.2, 0.25) is 0 Å². The maximum Gasteiger partial charge on any atom is 0.337 e. The molecule has 0 amide bonds. The third-order valence-electron chi connectivity index (χ3n) is 4.50. The maximum absolute atomic E-state index is 12.7. The van der Waals surface area contributed by atoms with E-state index in [2.05, 4.69) is 19.3 Å². The zero-order chi connectivity index (χ0) is 20.4. The molecule has 1 saturated heterocycles. The first-order valence-electron chi connectivity index (χ1n) is 8.91. The molecule has 4 rings (SSSR count). The summed E-state index contributed by atoms with van der Waals surface area (Å²) >= 11 is 1.52. The molecule has 0 unspecified atom stereocenters. The Morgan fingerprint density at radius 3 is 2.59 bits per heavy atom. The Kier molecular flexibility index (Phi) is 5.39. The Morgan fingerprint density at radius 2 is 1.90 bits per heavy atom. The first kappa shape index (κ1) is 19.6. The Morgan fingerprint density at radius 1 is 1.17 bits per heavy atom. The lowest BCUT2D eigenvalue weighted by molar-refractivity contribution is 0.0600. The summed E-state index contributed by atoms with van der Waals surface area (Å²) in [5, 5.41) is 0.904. The summed E-state index contributed by atoms with van der Waals surface area (Å²) in [4.78, 5) is 18.4. The molecule has 0 radical (unpaired) electrons. The van der Waals surface area contributed by atoms with Gasteiger partial charge < -0.3 is 14.4 Å². The normalized spacial score (nSPS) is 14.7. The minimum absolute atomic E-state index is 0.0589. The van der Waals surface area contributed by atoms with Crippen LogP contribution in [0.3, 0.4) is 0 Å². The van der Waals surface area contributed by atoms with E-state index in [4.69, 9.17) is 4.74 Å². The predicted octanol–water partition coefficient (Wildman–Crippen LogP) is 2.72. The van der Waals surface area contributed by atoms with Gasteiger partial charge in [-0.3, -0.25) is 4.72 Å². The number of rotatable bonds is 5. The molecule has 0 bridgehead atoms. The number of carbonyl (C=O) groups is 1. The van der Waals surface area contributed by atoms with Gasteiger partial charge in [0, 0.05) is 13.1 Å². The molecule has 1 fully saturated rings. The molecule has 0 spiro atoms. The summed E-state index contributed by atoms with van der Waals surface area (Å²) < 4.78 is 38.8. The molecule has 0 atom stereocenters. The van der Waals surface area contributed by atoms with Crippen molar-refractivity contribution < 1.29 is 22.7 Å². The average molecular weight is 434 g/mol. The third kappa shape index (κ3) is 4.19. The standard InChI is InChI=1S/C19H19N3O5S2/c1-26-18(23)13-2-5-15(6-3-13)29(24,25)21-14-4-7-16-17(12-14)28-19(20-16)22-8-10-27-11-9-22/h2-7,12,21H,8-11H2,1H3. The molecule has 10 heteroatoms. The third-order valence-corrected chi connectivity index (χ3v) is 6.97. The number of aromatic nitrogens is 1. The molecule has 0 aliphatic carbocycles. The van der Waals surface area contributed by atoms with E-state index in [1.54, 1.807) is 18.2 Å². The van der Waals surface area contributed by atoms with Gasteiger partial charge in [0.15, 0.2) is 5.13 Å². The number of hydrogen-bond donors (Lipinski definition) is 1. The van der Waals surface area contributed by atoms with Gasteiger partial charge in [-0.15, -0.1) is 0 Å². The minimum Gasteiger partial charge on any atom is -0.465 e. The number of ether oxygens (including phenoxy) is 2. The van der Waals surface area contributed by atoms with E-state index in [9.17, 15) is 13.2 Å². The predicted molar refractivity (Wildman–Crippen MR) is 111 cm³/mol. The van der Waals surface area contributed by atoms with E-state index in [-0.39, 0.29) is 10.5 Å². The minimum atomic E-state index is -3.79. The van der Waals surface area contributed by atoms with Crippen LogP contribution in [0.25, 0.3) is 10.2 Å². The van der Waals surface area contributed by atoms with Crippen LogP contribution >= 0.6 is 11.3 Å². The Hall–Kier alpha value is -2.69. The summed E-state index contributed by atoms with van der Waals surface area (Å²) in [5.74, 6) is -0.520. The van der Waals surface area contributed by atoms with Gasteiger partial charge in [-0.05, 0) is 42.5 Å². The van der Waals surface area contributed by atoms with Crippen LogP contribution in [0, 0.1) is 0 Å². The van der Waals surface area contributed by atoms with Crippen molar-refractivity contribution in [1.82, 2.24) is 4.98 Å². The van der Waals surface area contributed by atoms with E-state index in [0.29, 0.717) is 18.9 Å². The lowest BCUT2D eigenvalue weighted by Crippen LogP contribution is -2.36. The highest BCUT2D eigenvalue weighted by molar-refractivity contribution is 7.92. The van der Waals surface area contributed by atoms with Crippen molar-refractivity contribution in [3.05, 3.63) is 48.0 Å². The number of nitrogens with zero attached hydrogens (tertiary/aromatic N) is 2. The molecule has 1 aromatic heterocycles. The van der Waals surface area contributed by atoms with Crippen LogP contribution in [0.1, 0.15) is 10.4 Å². The Balaban J connectivity index is 1.55. The van der Waals surface area contributed by atoms with Gasteiger partial charge in [0.1, 0.15) is 0 Å². The van der Waals surface area contributed by atoms with Crippen LogP contribution in [-0.4, -0.2) is 52.8 Å². The number of morpholine rings is 1. The lowest BCUT2D eigenvalue weighted by Gasteiger charge is -2.25. The average Bonchev–Trinajstić information content (AvgIpc) is 3.17. The Bertz CT molecular complexity index is 1140. The molecular formula is C19H19N3O5S2. The molecule has 1 N–H and O–H groups in total. The topological polar surface area (TPSA) is 97.8 Å².